The van der Waals surface area contributed by atoms with Gasteiger partial charge >= 0.3 is 0 Å². The Labute approximate surface area is 119 Å². The fraction of sp³-hybridized carbons (Fsp3) is 0.353. The second-order valence-corrected chi connectivity index (χ2v) is 6.07. The molecule has 3 heteroatoms. The van der Waals surface area contributed by atoms with Gasteiger partial charge in [0.25, 0.3) is 5.56 Å². The second kappa shape index (κ2) is 5.53. The van der Waals surface area contributed by atoms with E-state index in [9.17, 15) is 9.90 Å². The number of aromatic hydroxyl groups is 1. The van der Waals surface area contributed by atoms with E-state index in [1.807, 2.05) is 39.0 Å². The quantitative estimate of drug-likeness (QED) is 0.932. The Hall–Kier alpha value is -2.03. The molecule has 3 nitrogen and oxygen atoms in total. The smallest absolute Gasteiger partial charge is 0.254 e. The molecule has 0 bridgehead atoms. The lowest BCUT2D eigenvalue weighted by molar-refractivity contribution is 0.451. The largest absolute Gasteiger partial charge is 0.508 e. The number of hydrogen-bond donors (Lipinski definition) is 1. The van der Waals surface area contributed by atoms with Crippen molar-refractivity contribution in [2.45, 2.75) is 39.2 Å². The highest BCUT2D eigenvalue weighted by atomic mass is 16.3. The summed E-state index contributed by atoms with van der Waals surface area (Å²) in [7, 11) is 0. The van der Waals surface area contributed by atoms with E-state index in [4.69, 9.17) is 0 Å². The van der Waals surface area contributed by atoms with Crippen LogP contribution in [0.15, 0.2) is 47.3 Å². The van der Waals surface area contributed by atoms with Gasteiger partial charge in [0.15, 0.2) is 0 Å². The molecule has 1 heterocycles. The first-order valence-electron chi connectivity index (χ1n) is 6.86. The van der Waals surface area contributed by atoms with E-state index < -0.39 is 0 Å². The van der Waals surface area contributed by atoms with E-state index in [1.54, 1.807) is 10.6 Å². The van der Waals surface area contributed by atoms with Crippen molar-refractivity contribution in [1.82, 2.24) is 4.57 Å². The zero-order chi connectivity index (χ0) is 14.8. The van der Waals surface area contributed by atoms with Gasteiger partial charge in [-0.2, -0.15) is 0 Å². The molecule has 0 spiro atoms. The van der Waals surface area contributed by atoms with Crippen molar-refractivity contribution < 1.29 is 5.11 Å². The van der Waals surface area contributed by atoms with Crippen LogP contribution in [-0.4, -0.2) is 9.67 Å². The first kappa shape index (κ1) is 14.4. The van der Waals surface area contributed by atoms with Crippen LogP contribution in [0.5, 0.6) is 5.75 Å². The average molecular weight is 271 g/mol. The average Bonchev–Trinajstić information content (AvgIpc) is 2.37. The molecule has 0 aliphatic rings. The van der Waals surface area contributed by atoms with Crippen molar-refractivity contribution in [2.75, 3.05) is 0 Å². The minimum Gasteiger partial charge on any atom is -0.508 e. The maximum atomic E-state index is 12.1. The van der Waals surface area contributed by atoms with Gasteiger partial charge < -0.3 is 9.67 Å². The van der Waals surface area contributed by atoms with Gasteiger partial charge in [-0.1, -0.05) is 51.1 Å². The Morgan fingerprint density at radius 1 is 1.10 bits per heavy atom. The molecule has 0 saturated heterocycles. The maximum absolute atomic E-state index is 12.1. The van der Waals surface area contributed by atoms with Gasteiger partial charge in [-0.25, -0.2) is 0 Å². The molecule has 0 saturated carbocycles. The number of pyridine rings is 1. The lowest BCUT2D eigenvalue weighted by atomic mass is 9.91. The zero-order valence-electron chi connectivity index (χ0n) is 12.3. The summed E-state index contributed by atoms with van der Waals surface area (Å²) in [6, 6.07) is 13.1. The molecule has 1 aromatic heterocycles. The van der Waals surface area contributed by atoms with Crippen LogP contribution in [0.1, 0.15) is 32.0 Å². The summed E-state index contributed by atoms with van der Waals surface area (Å²) < 4.78 is 1.76. The molecule has 0 fully saturated rings. The summed E-state index contributed by atoms with van der Waals surface area (Å²) in [5.41, 5.74) is 1.73. The number of rotatable bonds is 3. The lowest BCUT2D eigenvalue weighted by Gasteiger charge is -2.24. The van der Waals surface area contributed by atoms with Gasteiger partial charge in [-0.05, 0) is 12.0 Å². The third kappa shape index (κ3) is 3.29. The normalized spacial score (nSPS) is 11.6. The van der Waals surface area contributed by atoms with Crippen LogP contribution >= 0.6 is 0 Å². The number of nitrogens with zero attached hydrogens (tertiary/aromatic N) is 1. The van der Waals surface area contributed by atoms with Crippen molar-refractivity contribution in [1.29, 1.82) is 0 Å². The summed E-state index contributed by atoms with van der Waals surface area (Å²) in [5.74, 6) is 0.0379. The minimum absolute atomic E-state index is 0.0379. The van der Waals surface area contributed by atoms with Crippen LogP contribution in [0.3, 0.4) is 0 Å². The summed E-state index contributed by atoms with van der Waals surface area (Å²) in [4.78, 5) is 12.1. The van der Waals surface area contributed by atoms with E-state index in [0.717, 1.165) is 12.1 Å². The third-order valence-corrected chi connectivity index (χ3v) is 3.35. The summed E-state index contributed by atoms with van der Waals surface area (Å²) in [5, 5.41) is 9.65. The van der Waals surface area contributed by atoms with Crippen molar-refractivity contribution in [3.8, 4) is 5.75 Å². The van der Waals surface area contributed by atoms with Gasteiger partial charge in [-0.3, -0.25) is 4.79 Å². The molecule has 0 unspecified atom stereocenters. The molecule has 1 aromatic carbocycles. The molecule has 0 aliphatic heterocycles. The van der Waals surface area contributed by atoms with E-state index in [1.165, 1.54) is 11.6 Å². The summed E-state index contributed by atoms with van der Waals surface area (Å²) in [6.45, 7) is 6.75. The fourth-order valence-electron chi connectivity index (χ4n) is 2.32. The Morgan fingerprint density at radius 2 is 1.75 bits per heavy atom. The van der Waals surface area contributed by atoms with Crippen LogP contribution in [-0.2, 0) is 18.4 Å². The molecule has 106 valence electrons. The van der Waals surface area contributed by atoms with Gasteiger partial charge in [0, 0.05) is 29.8 Å². The SMILES string of the molecule is CC(C)(C)c1cc(O)cc(=O)n1CCc1ccccc1. The Bertz CT molecular complexity index is 636. The van der Waals surface area contributed by atoms with E-state index in [-0.39, 0.29) is 16.7 Å². The monoisotopic (exact) mass is 271 g/mol. The number of aromatic nitrogens is 1. The molecule has 20 heavy (non-hydrogen) atoms. The fourth-order valence-corrected chi connectivity index (χ4v) is 2.32. The highest BCUT2D eigenvalue weighted by molar-refractivity contribution is 5.27. The zero-order valence-corrected chi connectivity index (χ0v) is 12.3. The van der Waals surface area contributed by atoms with Crippen LogP contribution in [0.4, 0.5) is 0 Å². The van der Waals surface area contributed by atoms with Gasteiger partial charge in [0.1, 0.15) is 5.75 Å². The van der Waals surface area contributed by atoms with Crippen LogP contribution < -0.4 is 5.56 Å². The highest BCUT2D eigenvalue weighted by Gasteiger charge is 2.19. The molecule has 0 amide bonds. The second-order valence-electron chi connectivity index (χ2n) is 6.07. The minimum atomic E-state index is -0.186. The Kier molecular flexibility index (Phi) is 3.98. The molecule has 1 N–H and O–H groups in total. The summed E-state index contributed by atoms with van der Waals surface area (Å²) in [6.07, 6.45) is 0.800. The van der Waals surface area contributed by atoms with Crippen molar-refractivity contribution in [2.24, 2.45) is 0 Å². The van der Waals surface area contributed by atoms with Gasteiger partial charge in [0.05, 0.1) is 0 Å². The highest BCUT2D eigenvalue weighted by Crippen LogP contribution is 2.24. The number of hydrogen-bond acceptors (Lipinski definition) is 2. The van der Waals surface area contributed by atoms with Crippen molar-refractivity contribution >= 4 is 0 Å². The van der Waals surface area contributed by atoms with Crippen LogP contribution in [0.25, 0.3) is 0 Å². The summed E-state index contributed by atoms with van der Waals surface area (Å²) >= 11 is 0. The molecular weight excluding hydrogens is 250 g/mol. The maximum Gasteiger partial charge on any atom is 0.254 e. The van der Waals surface area contributed by atoms with Gasteiger partial charge in [0.2, 0.25) is 0 Å². The number of benzene rings is 1. The lowest BCUT2D eigenvalue weighted by Crippen LogP contribution is -2.29. The topological polar surface area (TPSA) is 42.2 Å². The molecule has 0 radical (unpaired) electrons. The molecule has 2 aromatic rings. The molecule has 0 atom stereocenters. The molecule has 2 rings (SSSR count). The predicted molar refractivity (Wildman–Crippen MR) is 81.2 cm³/mol. The number of aryl methyl sites for hydroxylation is 1. The van der Waals surface area contributed by atoms with Gasteiger partial charge in [-0.15, -0.1) is 0 Å². The molecule has 0 aliphatic carbocycles. The van der Waals surface area contributed by atoms with Crippen LogP contribution in [0.2, 0.25) is 0 Å². The van der Waals surface area contributed by atoms with E-state index >= 15 is 0 Å². The first-order chi connectivity index (χ1) is 9.38. The third-order valence-electron chi connectivity index (χ3n) is 3.35. The van der Waals surface area contributed by atoms with Crippen LogP contribution in [0, 0.1) is 0 Å². The van der Waals surface area contributed by atoms with Crippen molar-refractivity contribution in [3.05, 3.63) is 64.1 Å². The van der Waals surface area contributed by atoms with E-state index in [2.05, 4.69) is 12.1 Å². The molecular formula is C17H21NO2. The Morgan fingerprint density at radius 3 is 2.35 bits per heavy atom. The standard InChI is InChI=1S/C17H21NO2/c1-17(2,3)15-11-14(19)12-16(20)18(15)10-9-13-7-5-4-6-8-13/h4-8,11-12,19H,9-10H2,1-3H3. The van der Waals surface area contributed by atoms with Crippen molar-refractivity contribution in [3.63, 3.8) is 0 Å². The Balaban J connectivity index is 2.34. The first-order valence-corrected chi connectivity index (χ1v) is 6.86. The van der Waals surface area contributed by atoms with E-state index in [0.29, 0.717) is 6.54 Å². The predicted octanol–water partition coefficient (Wildman–Crippen LogP) is 3.09.